The molecule has 0 radical (unpaired) electrons. The van der Waals surface area contributed by atoms with E-state index in [-0.39, 0.29) is 35.7 Å². The first-order valence-corrected chi connectivity index (χ1v) is 5.96. The van der Waals surface area contributed by atoms with Gasteiger partial charge < -0.3 is 10.6 Å². The second-order valence-corrected chi connectivity index (χ2v) is 5.53. The fourth-order valence-electron chi connectivity index (χ4n) is 2.10. The zero-order valence-electron chi connectivity index (χ0n) is 10.8. The molecule has 0 aliphatic carbocycles. The number of nitrogens with one attached hydrogen (secondary N) is 2. The SMILES string of the molecule is CCC(NC(=O)[C@H]1CCNC1)C(C)(C)C.Cl. The summed E-state index contributed by atoms with van der Waals surface area (Å²) in [6.45, 7) is 10.5. The van der Waals surface area contributed by atoms with Crippen LogP contribution in [0.4, 0.5) is 0 Å². The third-order valence-corrected chi connectivity index (χ3v) is 3.20. The van der Waals surface area contributed by atoms with Gasteiger partial charge in [-0.05, 0) is 24.8 Å². The number of rotatable bonds is 3. The van der Waals surface area contributed by atoms with E-state index in [1.807, 2.05) is 0 Å². The van der Waals surface area contributed by atoms with E-state index in [2.05, 4.69) is 38.3 Å². The highest BCUT2D eigenvalue weighted by Crippen LogP contribution is 2.22. The zero-order chi connectivity index (χ0) is 11.5. The minimum atomic E-state index is 0. The van der Waals surface area contributed by atoms with Gasteiger partial charge in [-0.25, -0.2) is 0 Å². The summed E-state index contributed by atoms with van der Waals surface area (Å²) in [5.74, 6) is 0.406. The summed E-state index contributed by atoms with van der Waals surface area (Å²) in [5, 5.41) is 6.39. The molecule has 1 unspecified atom stereocenters. The quantitative estimate of drug-likeness (QED) is 0.802. The molecule has 1 aliphatic rings. The Labute approximate surface area is 105 Å². The van der Waals surface area contributed by atoms with Crippen LogP contribution in [0.15, 0.2) is 0 Å². The fourth-order valence-corrected chi connectivity index (χ4v) is 2.10. The van der Waals surface area contributed by atoms with E-state index >= 15 is 0 Å². The maximum Gasteiger partial charge on any atom is 0.224 e. The molecule has 96 valence electrons. The van der Waals surface area contributed by atoms with Crippen LogP contribution in [0.25, 0.3) is 0 Å². The van der Waals surface area contributed by atoms with Crippen LogP contribution in [0.2, 0.25) is 0 Å². The second-order valence-electron chi connectivity index (χ2n) is 5.53. The van der Waals surface area contributed by atoms with Gasteiger partial charge in [-0.3, -0.25) is 4.79 Å². The van der Waals surface area contributed by atoms with Gasteiger partial charge in [-0.2, -0.15) is 0 Å². The molecule has 3 nitrogen and oxygen atoms in total. The van der Waals surface area contributed by atoms with Gasteiger partial charge in [0.15, 0.2) is 0 Å². The highest BCUT2D eigenvalue weighted by molar-refractivity contribution is 5.85. The predicted octanol–water partition coefficient (Wildman–Crippen LogP) is 1.96. The van der Waals surface area contributed by atoms with Crippen LogP contribution in [-0.2, 0) is 4.79 Å². The molecule has 1 fully saturated rings. The molecule has 0 bridgehead atoms. The Morgan fingerprint density at radius 1 is 1.50 bits per heavy atom. The van der Waals surface area contributed by atoms with E-state index in [1.54, 1.807) is 0 Å². The number of carbonyl (C=O) groups is 1. The first-order valence-electron chi connectivity index (χ1n) is 5.96. The van der Waals surface area contributed by atoms with Crippen molar-refractivity contribution in [2.75, 3.05) is 13.1 Å². The maximum absolute atomic E-state index is 11.9. The summed E-state index contributed by atoms with van der Waals surface area (Å²) in [6, 6.07) is 0.283. The fraction of sp³-hybridized carbons (Fsp3) is 0.917. The molecule has 1 aliphatic heterocycles. The van der Waals surface area contributed by atoms with E-state index < -0.39 is 0 Å². The van der Waals surface area contributed by atoms with Crippen LogP contribution < -0.4 is 10.6 Å². The Morgan fingerprint density at radius 3 is 2.50 bits per heavy atom. The molecule has 2 atom stereocenters. The smallest absolute Gasteiger partial charge is 0.224 e. The lowest BCUT2D eigenvalue weighted by molar-refractivity contribution is -0.125. The molecule has 1 amide bonds. The summed E-state index contributed by atoms with van der Waals surface area (Å²) < 4.78 is 0. The van der Waals surface area contributed by atoms with Gasteiger partial charge in [-0.15, -0.1) is 12.4 Å². The van der Waals surface area contributed by atoms with Crippen molar-refractivity contribution < 1.29 is 4.79 Å². The largest absolute Gasteiger partial charge is 0.353 e. The summed E-state index contributed by atoms with van der Waals surface area (Å²) >= 11 is 0. The van der Waals surface area contributed by atoms with Crippen LogP contribution in [0.5, 0.6) is 0 Å². The van der Waals surface area contributed by atoms with Crippen LogP contribution in [0.1, 0.15) is 40.5 Å². The molecule has 0 aromatic carbocycles. The van der Waals surface area contributed by atoms with Crippen molar-refractivity contribution in [1.82, 2.24) is 10.6 Å². The van der Waals surface area contributed by atoms with E-state index in [4.69, 9.17) is 0 Å². The van der Waals surface area contributed by atoms with Crippen molar-refractivity contribution in [3.8, 4) is 0 Å². The van der Waals surface area contributed by atoms with Gasteiger partial charge in [0, 0.05) is 12.6 Å². The van der Waals surface area contributed by atoms with Crippen molar-refractivity contribution in [2.45, 2.75) is 46.6 Å². The van der Waals surface area contributed by atoms with Crippen LogP contribution in [0.3, 0.4) is 0 Å². The molecule has 0 spiro atoms. The number of hydrogen-bond acceptors (Lipinski definition) is 2. The maximum atomic E-state index is 11.9. The van der Waals surface area contributed by atoms with Gasteiger partial charge in [0.05, 0.1) is 5.92 Å². The summed E-state index contributed by atoms with van der Waals surface area (Å²) in [6.07, 6.45) is 1.97. The molecule has 1 saturated heterocycles. The Morgan fingerprint density at radius 2 is 2.12 bits per heavy atom. The lowest BCUT2D eigenvalue weighted by Gasteiger charge is -2.31. The van der Waals surface area contributed by atoms with E-state index in [0.717, 1.165) is 25.9 Å². The summed E-state index contributed by atoms with van der Waals surface area (Å²) in [5.41, 5.74) is 0.149. The second kappa shape index (κ2) is 6.45. The van der Waals surface area contributed by atoms with Crippen molar-refractivity contribution >= 4 is 18.3 Å². The molecule has 16 heavy (non-hydrogen) atoms. The monoisotopic (exact) mass is 248 g/mol. The number of amides is 1. The standard InChI is InChI=1S/C12H24N2O.ClH/c1-5-10(12(2,3)4)14-11(15)9-6-7-13-8-9;/h9-10,13H,5-8H2,1-4H3,(H,14,15);1H/t9-,10?;/m0./s1. The molecule has 1 rings (SSSR count). The number of hydrogen-bond donors (Lipinski definition) is 2. The van der Waals surface area contributed by atoms with Crippen LogP contribution in [0, 0.1) is 11.3 Å². The molecule has 2 N–H and O–H groups in total. The zero-order valence-corrected chi connectivity index (χ0v) is 11.6. The van der Waals surface area contributed by atoms with E-state index in [0.29, 0.717) is 0 Å². The molecule has 0 saturated carbocycles. The lowest BCUT2D eigenvalue weighted by Crippen LogP contribution is -2.46. The highest BCUT2D eigenvalue weighted by Gasteiger charge is 2.28. The van der Waals surface area contributed by atoms with Crippen molar-refractivity contribution in [2.24, 2.45) is 11.3 Å². The Balaban J connectivity index is 0.00000225. The Hall–Kier alpha value is -0.280. The van der Waals surface area contributed by atoms with Crippen molar-refractivity contribution in [3.05, 3.63) is 0 Å². The summed E-state index contributed by atoms with van der Waals surface area (Å²) in [7, 11) is 0. The average molecular weight is 249 g/mol. The van der Waals surface area contributed by atoms with Crippen molar-refractivity contribution in [1.29, 1.82) is 0 Å². The number of halogens is 1. The topological polar surface area (TPSA) is 41.1 Å². The molecule has 4 heteroatoms. The molecular formula is C12H25ClN2O. The molecule has 0 aromatic rings. The molecular weight excluding hydrogens is 224 g/mol. The van der Waals surface area contributed by atoms with Crippen LogP contribution in [-0.4, -0.2) is 25.0 Å². The normalized spacial score (nSPS) is 22.4. The Bertz CT molecular complexity index is 220. The number of carbonyl (C=O) groups excluding carboxylic acids is 1. The minimum Gasteiger partial charge on any atom is -0.353 e. The highest BCUT2D eigenvalue weighted by atomic mass is 35.5. The van der Waals surface area contributed by atoms with Gasteiger partial charge in [-0.1, -0.05) is 27.7 Å². The van der Waals surface area contributed by atoms with Gasteiger partial charge in [0.1, 0.15) is 0 Å². The lowest BCUT2D eigenvalue weighted by atomic mass is 9.85. The predicted molar refractivity (Wildman–Crippen MR) is 69.9 cm³/mol. The van der Waals surface area contributed by atoms with Crippen LogP contribution >= 0.6 is 12.4 Å². The third kappa shape index (κ3) is 4.30. The van der Waals surface area contributed by atoms with Crippen molar-refractivity contribution in [3.63, 3.8) is 0 Å². The summed E-state index contributed by atoms with van der Waals surface area (Å²) in [4.78, 5) is 11.9. The average Bonchev–Trinajstić information content (AvgIpc) is 2.64. The minimum absolute atomic E-state index is 0. The Kier molecular flexibility index (Phi) is 6.34. The van der Waals surface area contributed by atoms with E-state index in [9.17, 15) is 4.79 Å². The third-order valence-electron chi connectivity index (χ3n) is 3.20. The first-order chi connectivity index (χ1) is 6.95. The molecule has 0 aromatic heterocycles. The molecule has 1 heterocycles. The van der Waals surface area contributed by atoms with Gasteiger partial charge in [0.25, 0.3) is 0 Å². The van der Waals surface area contributed by atoms with E-state index in [1.165, 1.54) is 0 Å². The first kappa shape index (κ1) is 15.7. The van der Waals surface area contributed by atoms with Gasteiger partial charge >= 0.3 is 0 Å². The van der Waals surface area contributed by atoms with Gasteiger partial charge in [0.2, 0.25) is 5.91 Å².